The quantitative estimate of drug-likeness (QED) is 0.515. The Hall–Kier alpha value is -1.86. The van der Waals surface area contributed by atoms with Gasteiger partial charge in [0, 0.05) is 22.9 Å². The SMILES string of the molecule is CCn1c(SCC(O)COCc2ccccc2Cl)nnc1-c1cccc(C)c1. The maximum atomic E-state index is 10.2. The first-order chi connectivity index (χ1) is 13.6. The highest BCUT2D eigenvalue weighted by molar-refractivity contribution is 7.99. The molecule has 3 aromatic rings. The third-order valence-electron chi connectivity index (χ3n) is 4.24. The average Bonchev–Trinajstić information content (AvgIpc) is 3.11. The molecular weight excluding hydrogens is 394 g/mol. The van der Waals surface area contributed by atoms with Gasteiger partial charge in [0.2, 0.25) is 0 Å². The number of hydrogen-bond donors (Lipinski definition) is 1. The normalized spacial score (nSPS) is 12.3. The zero-order valence-corrected chi connectivity index (χ0v) is 17.6. The number of rotatable bonds is 9. The second kappa shape index (κ2) is 10.1. The van der Waals surface area contributed by atoms with Crippen LogP contribution in [0.15, 0.2) is 53.7 Å². The number of aliphatic hydroxyl groups excluding tert-OH is 1. The van der Waals surface area contributed by atoms with Gasteiger partial charge in [0.15, 0.2) is 11.0 Å². The van der Waals surface area contributed by atoms with Crippen molar-refractivity contribution in [1.82, 2.24) is 14.8 Å². The smallest absolute Gasteiger partial charge is 0.191 e. The molecule has 0 amide bonds. The molecule has 0 aliphatic heterocycles. The molecule has 28 heavy (non-hydrogen) atoms. The van der Waals surface area contributed by atoms with Crippen LogP contribution in [-0.4, -0.2) is 38.3 Å². The lowest BCUT2D eigenvalue weighted by atomic mass is 10.1. The second-order valence-corrected chi connectivity index (χ2v) is 7.89. The molecule has 5 nitrogen and oxygen atoms in total. The van der Waals surface area contributed by atoms with Crippen LogP contribution < -0.4 is 0 Å². The van der Waals surface area contributed by atoms with Crippen molar-refractivity contribution in [2.75, 3.05) is 12.4 Å². The Kier molecular flexibility index (Phi) is 7.50. The molecule has 0 saturated carbocycles. The van der Waals surface area contributed by atoms with E-state index in [1.54, 1.807) is 0 Å². The number of nitrogens with zero attached hydrogens (tertiary/aromatic N) is 3. The first-order valence-electron chi connectivity index (χ1n) is 9.20. The molecule has 0 spiro atoms. The number of aromatic nitrogens is 3. The van der Waals surface area contributed by atoms with Gasteiger partial charge in [-0.15, -0.1) is 10.2 Å². The third kappa shape index (κ3) is 5.35. The molecular formula is C21H24ClN3O2S. The molecule has 1 atom stereocenters. The lowest BCUT2D eigenvalue weighted by molar-refractivity contribution is 0.0398. The predicted molar refractivity (Wildman–Crippen MR) is 114 cm³/mol. The second-order valence-electron chi connectivity index (χ2n) is 6.49. The number of thioether (sulfide) groups is 1. The molecule has 2 aromatic carbocycles. The molecule has 7 heteroatoms. The Balaban J connectivity index is 1.55. The fraction of sp³-hybridized carbons (Fsp3) is 0.333. The minimum Gasteiger partial charge on any atom is -0.390 e. The van der Waals surface area contributed by atoms with E-state index in [4.69, 9.17) is 16.3 Å². The van der Waals surface area contributed by atoms with E-state index in [0.717, 1.165) is 28.7 Å². The largest absolute Gasteiger partial charge is 0.390 e. The molecule has 0 aliphatic carbocycles. The standard InChI is InChI=1S/C21H24ClN3O2S/c1-3-25-20(16-9-6-7-15(2)11-16)23-24-21(25)28-14-18(26)13-27-12-17-8-4-5-10-19(17)22/h4-11,18,26H,3,12-14H2,1-2H3. The lowest BCUT2D eigenvalue weighted by Gasteiger charge is -2.12. The van der Waals surface area contributed by atoms with Crippen molar-refractivity contribution in [3.63, 3.8) is 0 Å². The van der Waals surface area contributed by atoms with Gasteiger partial charge in [0.1, 0.15) is 0 Å². The lowest BCUT2D eigenvalue weighted by Crippen LogP contribution is -2.18. The summed E-state index contributed by atoms with van der Waals surface area (Å²) in [6.45, 7) is 5.51. The van der Waals surface area contributed by atoms with Crippen LogP contribution in [-0.2, 0) is 17.9 Å². The van der Waals surface area contributed by atoms with Gasteiger partial charge in [-0.25, -0.2) is 0 Å². The molecule has 0 saturated heterocycles. The van der Waals surface area contributed by atoms with E-state index >= 15 is 0 Å². The number of hydrogen-bond acceptors (Lipinski definition) is 5. The number of ether oxygens (including phenoxy) is 1. The van der Waals surface area contributed by atoms with Crippen molar-refractivity contribution in [2.24, 2.45) is 0 Å². The highest BCUT2D eigenvalue weighted by Gasteiger charge is 2.15. The number of aryl methyl sites for hydroxylation is 1. The van der Waals surface area contributed by atoms with Gasteiger partial charge >= 0.3 is 0 Å². The van der Waals surface area contributed by atoms with Crippen LogP contribution in [0, 0.1) is 6.92 Å². The molecule has 0 radical (unpaired) electrons. The van der Waals surface area contributed by atoms with E-state index in [1.807, 2.05) is 36.4 Å². The molecule has 1 heterocycles. The first kappa shape index (κ1) is 20.9. The molecule has 0 aliphatic rings. The molecule has 0 fully saturated rings. The van der Waals surface area contributed by atoms with E-state index < -0.39 is 6.10 Å². The van der Waals surface area contributed by atoms with E-state index in [-0.39, 0.29) is 6.61 Å². The topological polar surface area (TPSA) is 60.2 Å². The Morgan fingerprint density at radius 3 is 2.75 bits per heavy atom. The Bertz CT molecular complexity index is 916. The predicted octanol–water partition coefficient (Wildman–Crippen LogP) is 4.60. The van der Waals surface area contributed by atoms with Crippen LogP contribution in [0.25, 0.3) is 11.4 Å². The number of benzene rings is 2. The highest BCUT2D eigenvalue weighted by Crippen LogP contribution is 2.25. The van der Waals surface area contributed by atoms with Crippen LogP contribution >= 0.6 is 23.4 Å². The minimum atomic E-state index is -0.600. The fourth-order valence-electron chi connectivity index (χ4n) is 2.82. The van der Waals surface area contributed by atoms with E-state index in [9.17, 15) is 5.11 Å². The van der Waals surface area contributed by atoms with Gasteiger partial charge in [-0.2, -0.15) is 0 Å². The molecule has 3 rings (SSSR count). The summed E-state index contributed by atoms with van der Waals surface area (Å²) in [5.41, 5.74) is 3.14. The molecule has 1 aromatic heterocycles. The summed E-state index contributed by atoms with van der Waals surface area (Å²) in [6, 6.07) is 15.8. The Labute approximate surface area is 174 Å². The number of halogens is 1. The monoisotopic (exact) mass is 417 g/mol. The van der Waals surface area contributed by atoms with Crippen molar-refractivity contribution in [3.05, 3.63) is 64.7 Å². The number of aliphatic hydroxyl groups is 1. The van der Waals surface area contributed by atoms with Crippen LogP contribution in [0.1, 0.15) is 18.1 Å². The summed E-state index contributed by atoms with van der Waals surface area (Å²) in [6.07, 6.45) is -0.600. The molecule has 1 unspecified atom stereocenters. The van der Waals surface area contributed by atoms with Crippen LogP contribution in [0.3, 0.4) is 0 Å². The van der Waals surface area contributed by atoms with Gasteiger partial charge in [-0.3, -0.25) is 0 Å². The first-order valence-corrected chi connectivity index (χ1v) is 10.6. The maximum absolute atomic E-state index is 10.2. The fourth-order valence-corrected chi connectivity index (χ4v) is 3.92. The third-order valence-corrected chi connectivity index (χ3v) is 5.72. The van der Waals surface area contributed by atoms with Crippen LogP contribution in [0.4, 0.5) is 0 Å². The zero-order chi connectivity index (χ0) is 19.9. The molecule has 148 valence electrons. The van der Waals surface area contributed by atoms with Gasteiger partial charge < -0.3 is 14.4 Å². The van der Waals surface area contributed by atoms with Crippen molar-refractivity contribution in [2.45, 2.75) is 38.3 Å². The van der Waals surface area contributed by atoms with Crippen molar-refractivity contribution in [3.8, 4) is 11.4 Å². The van der Waals surface area contributed by atoms with Gasteiger partial charge in [0.25, 0.3) is 0 Å². The average molecular weight is 418 g/mol. The summed E-state index contributed by atoms with van der Waals surface area (Å²) < 4.78 is 7.67. The van der Waals surface area contributed by atoms with Gasteiger partial charge in [-0.05, 0) is 31.5 Å². The van der Waals surface area contributed by atoms with Gasteiger partial charge in [0.05, 0.1) is 19.3 Å². The summed E-state index contributed by atoms with van der Waals surface area (Å²) in [5.74, 6) is 1.33. The minimum absolute atomic E-state index is 0.239. The van der Waals surface area contributed by atoms with Crippen molar-refractivity contribution in [1.29, 1.82) is 0 Å². The van der Waals surface area contributed by atoms with E-state index in [2.05, 4.69) is 40.7 Å². The Morgan fingerprint density at radius 1 is 1.18 bits per heavy atom. The van der Waals surface area contributed by atoms with Crippen molar-refractivity contribution < 1.29 is 9.84 Å². The zero-order valence-electron chi connectivity index (χ0n) is 16.0. The summed E-state index contributed by atoms with van der Waals surface area (Å²) in [5, 5.41) is 20.4. The van der Waals surface area contributed by atoms with Crippen LogP contribution in [0.2, 0.25) is 5.02 Å². The van der Waals surface area contributed by atoms with Crippen LogP contribution in [0.5, 0.6) is 0 Å². The molecule has 0 bridgehead atoms. The summed E-state index contributed by atoms with van der Waals surface area (Å²) in [4.78, 5) is 0. The van der Waals surface area contributed by atoms with E-state index in [0.29, 0.717) is 17.4 Å². The molecule has 1 N–H and O–H groups in total. The summed E-state index contributed by atoms with van der Waals surface area (Å²) in [7, 11) is 0. The van der Waals surface area contributed by atoms with E-state index in [1.165, 1.54) is 17.3 Å². The van der Waals surface area contributed by atoms with Crippen molar-refractivity contribution >= 4 is 23.4 Å². The highest BCUT2D eigenvalue weighted by atomic mass is 35.5. The summed E-state index contributed by atoms with van der Waals surface area (Å²) >= 11 is 7.59. The van der Waals surface area contributed by atoms with Gasteiger partial charge in [-0.1, -0.05) is 65.3 Å². The maximum Gasteiger partial charge on any atom is 0.191 e. The Morgan fingerprint density at radius 2 is 2.00 bits per heavy atom.